The summed E-state index contributed by atoms with van der Waals surface area (Å²) >= 11 is 5.73. The van der Waals surface area contributed by atoms with E-state index >= 15 is 0 Å². The first kappa shape index (κ1) is 13.0. The van der Waals surface area contributed by atoms with Gasteiger partial charge in [0.25, 0.3) is 0 Å². The molecule has 0 aliphatic rings. The van der Waals surface area contributed by atoms with E-state index in [0.717, 1.165) is 5.69 Å². The molecule has 3 heteroatoms. The van der Waals surface area contributed by atoms with Gasteiger partial charge in [-0.05, 0) is 69.4 Å². The maximum Gasteiger partial charge on any atom is 0.123 e. The second kappa shape index (κ2) is 4.88. The number of hydrogen-bond acceptors (Lipinski definition) is 2. The van der Waals surface area contributed by atoms with E-state index in [-0.39, 0.29) is 0 Å². The lowest BCUT2D eigenvalue weighted by Gasteiger charge is -2.17. The lowest BCUT2D eigenvalue weighted by molar-refractivity contribution is 1.15. The van der Waals surface area contributed by atoms with Crippen molar-refractivity contribution in [3.8, 4) is 0 Å². The largest absolute Gasteiger partial charge is 0.277 e. The van der Waals surface area contributed by atoms with Gasteiger partial charge in [-0.1, -0.05) is 11.6 Å². The van der Waals surface area contributed by atoms with Crippen molar-refractivity contribution in [3.63, 3.8) is 0 Å². The van der Waals surface area contributed by atoms with Crippen molar-refractivity contribution in [1.82, 2.24) is 0 Å². The fourth-order valence-corrected chi connectivity index (χ4v) is 1.84. The highest BCUT2D eigenvalue weighted by Gasteiger charge is 2.11. The summed E-state index contributed by atoms with van der Waals surface area (Å²) in [5.74, 6) is 0. The molecule has 1 N–H and O–H groups in total. The first-order valence-corrected chi connectivity index (χ1v) is 5.76. The van der Waals surface area contributed by atoms with Crippen LogP contribution in [0.2, 0.25) is 0 Å². The molecule has 0 spiro atoms. The fraction of sp³-hybridized carbons (Fsp3) is 0.462. The number of nitrogens with one attached hydrogen (secondary N) is 1. The smallest absolute Gasteiger partial charge is 0.123 e. The Hall–Kier alpha value is -1.02. The zero-order chi connectivity index (χ0) is 12.5. The standard InChI is InChI=1S/C13H19ClN2/c1-7-8(2)10(4)13(11(5)9(7)3)16-15-12(6)14/h16H,1-6H3/b15-12-. The van der Waals surface area contributed by atoms with Crippen LogP contribution in [0.5, 0.6) is 0 Å². The van der Waals surface area contributed by atoms with Gasteiger partial charge in [-0.3, -0.25) is 5.43 Å². The van der Waals surface area contributed by atoms with Gasteiger partial charge < -0.3 is 0 Å². The molecule has 88 valence electrons. The Morgan fingerprint density at radius 1 is 0.875 bits per heavy atom. The van der Waals surface area contributed by atoms with Crippen LogP contribution < -0.4 is 5.43 Å². The third-order valence-corrected chi connectivity index (χ3v) is 3.41. The van der Waals surface area contributed by atoms with Crippen molar-refractivity contribution in [2.45, 2.75) is 41.5 Å². The molecule has 0 aliphatic carbocycles. The van der Waals surface area contributed by atoms with Crippen molar-refractivity contribution in [1.29, 1.82) is 0 Å². The van der Waals surface area contributed by atoms with E-state index in [4.69, 9.17) is 11.6 Å². The highest BCUT2D eigenvalue weighted by atomic mass is 35.5. The Morgan fingerprint density at radius 3 is 1.62 bits per heavy atom. The maximum absolute atomic E-state index is 5.73. The van der Waals surface area contributed by atoms with Gasteiger partial charge in [0.1, 0.15) is 5.17 Å². The quantitative estimate of drug-likeness (QED) is 0.606. The average Bonchev–Trinajstić information content (AvgIpc) is 2.23. The molecule has 1 aromatic rings. The molecule has 0 unspecified atom stereocenters. The van der Waals surface area contributed by atoms with E-state index in [1.165, 1.54) is 27.8 Å². The molecule has 0 fully saturated rings. The molecule has 0 radical (unpaired) electrons. The lowest BCUT2D eigenvalue weighted by atomic mass is 9.93. The van der Waals surface area contributed by atoms with Gasteiger partial charge in [-0.25, -0.2) is 0 Å². The van der Waals surface area contributed by atoms with Gasteiger partial charge in [0.15, 0.2) is 0 Å². The molecular formula is C13H19ClN2. The summed E-state index contributed by atoms with van der Waals surface area (Å²) in [6.07, 6.45) is 0. The van der Waals surface area contributed by atoms with E-state index in [1.54, 1.807) is 6.92 Å². The highest BCUT2D eigenvalue weighted by Crippen LogP contribution is 2.30. The molecule has 2 nitrogen and oxygen atoms in total. The van der Waals surface area contributed by atoms with Crippen molar-refractivity contribution in [2.75, 3.05) is 5.43 Å². The molecule has 0 saturated carbocycles. The van der Waals surface area contributed by atoms with Crippen LogP contribution >= 0.6 is 11.6 Å². The van der Waals surface area contributed by atoms with E-state index in [2.05, 4.69) is 45.1 Å². The Morgan fingerprint density at radius 2 is 1.25 bits per heavy atom. The molecule has 0 aromatic heterocycles. The topological polar surface area (TPSA) is 24.4 Å². The van der Waals surface area contributed by atoms with Crippen LogP contribution in [0.4, 0.5) is 5.69 Å². The van der Waals surface area contributed by atoms with Crippen LogP contribution in [-0.2, 0) is 0 Å². The second-order valence-corrected chi connectivity index (χ2v) is 4.77. The van der Waals surface area contributed by atoms with Crippen LogP contribution in [0, 0.1) is 34.6 Å². The van der Waals surface area contributed by atoms with Gasteiger partial charge in [0.2, 0.25) is 0 Å². The van der Waals surface area contributed by atoms with Crippen molar-refractivity contribution in [3.05, 3.63) is 27.8 Å². The van der Waals surface area contributed by atoms with Crippen molar-refractivity contribution >= 4 is 22.5 Å². The second-order valence-electron chi connectivity index (χ2n) is 4.22. The van der Waals surface area contributed by atoms with E-state index in [1.807, 2.05) is 0 Å². The minimum atomic E-state index is 0.509. The zero-order valence-electron chi connectivity index (χ0n) is 10.8. The van der Waals surface area contributed by atoms with Gasteiger partial charge >= 0.3 is 0 Å². The Bertz CT molecular complexity index is 415. The van der Waals surface area contributed by atoms with E-state index in [9.17, 15) is 0 Å². The van der Waals surface area contributed by atoms with Crippen molar-refractivity contribution < 1.29 is 0 Å². The number of rotatable bonds is 2. The number of benzene rings is 1. The summed E-state index contributed by atoms with van der Waals surface area (Å²) < 4.78 is 0. The zero-order valence-corrected chi connectivity index (χ0v) is 11.6. The minimum Gasteiger partial charge on any atom is -0.277 e. The molecule has 0 saturated heterocycles. The van der Waals surface area contributed by atoms with E-state index < -0.39 is 0 Å². The molecule has 1 aromatic carbocycles. The maximum atomic E-state index is 5.73. The van der Waals surface area contributed by atoms with Crippen LogP contribution in [0.3, 0.4) is 0 Å². The summed E-state index contributed by atoms with van der Waals surface area (Å²) in [6.45, 7) is 12.4. The summed E-state index contributed by atoms with van der Waals surface area (Å²) in [5.41, 5.74) is 10.6. The Balaban J connectivity index is 3.34. The third-order valence-electron chi connectivity index (χ3n) is 3.32. The fourth-order valence-electron chi connectivity index (χ4n) is 1.80. The van der Waals surface area contributed by atoms with Crippen LogP contribution in [0.1, 0.15) is 34.7 Å². The van der Waals surface area contributed by atoms with Crippen LogP contribution in [0.25, 0.3) is 0 Å². The summed E-state index contributed by atoms with van der Waals surface area (Å²) in [5, 5.41) is 4.57. The van der Waals surface area contributed by atoms with Crippen LogP contribution in [0.15, 0.2) is 5.10 Å². The molecule has 0 bridgehead atoms. The molecule has 0 atom stereocenters. The predicted octanol–water partition coefficient (Wildman–Crippen LogP) is 4.21. The number of nitrogens with zero attached hydrogens (tertiary/aromatic N) is 1. The molecule has 0 heterocycles. The summed E-state index contributed by atoms with van der Waals surface area (Å²) in [6, 6.07) is 0. The van der Waals surface area contributed by atoms with Gasteiger partial charge in [-0.2, -0.15) is 5.10 Å². The number of hydrazone groups is 1. The summed E-state index contributed by atoms with van der Waals surface area (Å²) in [4.78, 5) is 0. The number of anilines is 1. The van der Waals surface area contributed by atoms with Gasteiger partial charge in [0.05, 0.1) is 5.69 Å². The van der Waals surface area contributed by atoms with Gasteiger partial charge in [-0.15, -0.1) is 0 Å². The Kier molecular flexibility index (Phi) is 3.98. The molecule has 0 aliphatic heterocycles. The molecule has 1 rings (SSSR count). The first-order chi connectivity index (χ1) is 7.36. The van der Waals surface area contributed by atoms with Crippen LogP contribution in [-0.4, -0.2) is 5.17 Å². The monoisotopic (exact) mass is 238 g/mol. The molecule has 16 heavy (non-hydrogen) atoms. The third kappa shape index (κ3) is 2.38. The SMILES string of the molecule is C/C(Cl)=N/Nc1c(C)c(C)c(C)c(C)c1C. The predicted molar refractivity (Wildman–Crippen MR) is 72.7 cm³/mol. The molecule has 0 amide bonds. The normalized spacial score (nSPS) is 11.8. The summed E-state index contributed by atoms with van der Waals surface area (Å²) in [7, 11) is 0. The van der Waals surface area contributed by atoms with Crippen molar-refractivity contribution in [2.24, 2.45) is 5.10 Å². The lowest BCUT2D eigenvalue weighted by Crippen LogP contribution is -2.03. The number of hydrogen-bond donors (Lipinski definition) is 1. The Labute approximate surface area is 103 Å². The first-order valence-electron chi connectivity index (χ1n) is 5.39. The minimum absolute atomic E-state index is 0.509. The average molecular weight is 239 g/mol. The van der Waals surface area contributed by atoms with Gasteiger partial charge in [0, 0.05) is 0 Å². The molecular weight excluding hydrogens is 220 g/mol. The highest BCUT2D eigenvalue weighted by molar-refractivity contribution is 6.64. The van der Waals surface area contributed by atoms with E-state index in [0.29, 0.717) is 5.17 Å². The number of halogens is 1.